The third-order valence-electron chi connectivity index (χ3n) is 5.82. The minimum atomic E-state index is -0.380. The lowest BCUT2D eigenvalue weighted by Gasteiger charge is -2.40. The number of aromatic nitrogens is 1. The fraction of sp³-hybridized carbons (Fsp3) is 0.737. The summed E-state index contributed by atoms with van der Waals surface area (Å²) in [6.07, 6.45) is 4.78. The standard InChI is InChI=1S/C19H28N4O4/c1-11-8-14(21-18(24)15-9-17(27-22-15)12-2-3-12)6-7-23(11)19(25)16-5-4-13(20)10-26-16/h9,11-14,16H,2-8,10,20H2,1H3,(H,21,24)/t11-,13+,14?,16-/m1/s1. The third-order valence-corrected chi connectivity index (χ3v) is 5.82. The highest BCUT2D eigenvalue weighted by molar-refractivity contribution is 5.92. The van der Waals surface area contributed by atoms with E-state index in [2.05, 4.69) is 10.5 Å². The average molecular weight is 376 g/mol. The Labute approximate surface area is 158 Å². The van der Waals surface area contributed by atoms with Crippen molar-refractivity contribution in [3.8, 4) is 0 Å². The zero-order chi connectivity index (χ0) is 19.0. The number of hydrogen-bond donors (Lipinski definition) is 2. The van der Waals surface area contributed by atoms with Gasteiger partial charge in [0.2, 0.25) is 0 Å². The molecule has 2 amide bonds. The Morgan fingerprint density at radius 3 is 2.74 bits per heavy atom. The molecule has 2 saturated heterocycles. The van der Waals surface area contributed by atoms with Crippen LogP contribution in [0.5, 0.6) is 0 Å². The van der Waals surface area contributed by atoms with Gasteiger partial charge in [0.1, 0.15) is 11.9 Å². The van der Waals surface area contributed by atoms with E-state index < -0.39 is 0 Å². The SMILES string of the molecule is C[C@@H]1CC(NC(=O)c2cc(C3CC3)on2)CCN1C(=O)[C@H]1CC[C@H](N)CO1. The average Bonchev–Trinajstić information content (AvgIpc) is 3.38. The maximum atomic E-state index is 12.7. The summed E-state index contributed by atoms with van der Waals surface area (Å²) in [6.45, 7) is 3.08. The molecule has 3 fully saturated rings. The minimum absolute atomic E-state index is 0.0262. The smallest absolute Gasteiger partial charge is 0.273 e. The van der Waals surface area contributed by atoms with Crippen molar-refractivity contribution in [2.45, 2.75) is 75.6 Å². The molecular weight excluding hydrogens is 348 g/mol. The van der Waals surface area contributed by atoms with Crippen molar-refractivity contribution in [2.75, 3.05) is 13.2 Å². The van der Waals surface area contributed by atoms with Gasteiger partial charge < -0.3 is 25.2 Å². The molecule has 1 aliphatic carbocycles. The number of ether oxygens (including phenoxy) is 1. The number of likely N-dealkylation sites (tertiary alicyclic amines) is 1. The number of nitrogens with two attached hydrogens (primary N) is 1. The largest absolute Gasteiger partial charge is 0.367 e. The van der Waals surface area contributed by atoms with E-state index in [9.17, 15) is 9.59 Å². The second-order valence-corrected chi connectivity index (χ2v) is 8.12. The molecule has 0 spiro atoms. The number of carbonyl (C=O) groups is 2. The van der Waals surface area contributed by atoms with Crippen LogP contribution in [-0.2, 0) is 9.53 Å². The summed E-state index contributed by atoms with van der Waals surface area (Å²) in [5.41, 5.74) is 6.18. The molecule has 4 atom stereocenters. The van der Waals surface area contributed by atoms with Gasteiger partial charge in [-0.25, -0.2) is 0 Å². The molecule has 1 unspecified atom stereocenters. The van der Waals surface area contributed by atoms with E-state index in [4.69, 9.17) is 15.0 Å². The summed E-state index contributed by atoms with van der Waals surface area (Å²) in [7, 11) is 0. The van der Waals surface area contributed by atoms with Crippen molar-refractivity contribution in [1.82, 2.24) is 15.4 Å². The maximum Gasteiger partial charge on any atom is 0.273 e. The van der Waals surface area contributed by atoms with Crippen LogP contribution in [0.25, 0.3) is 0 Å². The van der Waals surface area contributed by atoms with Crippen molar-refractivity contribution in [3.63, 3.8) is 0 Å². The lowest BCUT2D eigenvalue weighted by atomic mass is 9.96. The first-order valence-electron chi connectivity index (χ1n) is 9.96. The van der Waals surface area contributed by atoms with Gasteiger partial charge in [0.15, 0.2) is 5.69 Å². The van der Waals surface area contributed by atoms with Gasteiger partial charge >= 0.3 is 0 Å². The minimum Gasteiger partial charge on any atom is -0.367 e. The number of nitrogens with one attached hydrogen (secondary N) is 1. The lowest BCUT2D eigenvalue weighted by Crippen LogP contribution is -2.54. The first-order chi connectivity index (χ1) is 13.0. The van der Waals surface area contributed by atoms with Gasteiger partial charge in [-0.15, -0.1) is 0 Å². The summed E-state index contributed by atoms with van der Waals surface area (Å²) in [4.78, 5) is 27.0. The van der Waals surface area contributed by atoms with E-state index in [1.54, 1.807) is 6.07 Å². The van der Waals surface area contributed by atoms with E-state index in [0.29, 0.717) is 31.2 Å². The highest BCUT2D eigenvalue weighted by atomic mass is 16.5. The molecule has 3 heterocycles. The van der Waals surface area contributed by atoms with Gasteiger partial charge in [0, 0.05) is 36.7 Å². The van der Waals surface area contributed by atoms with E-state index in [1.165, 1.54) is 0 Å². The number of rotatable bonds is 4. The zero-order valence-electron chi connectivity index (χ0n) is 15.7. The number of carbonyl (C=O) groups excluding carboxylic acids is 2. The predicted octanol–water partition coefficient (Wildman–Crippen LogP) is 1.17. The molecule has 0 bridgehead atoms. The second kappa shape index (κ2) is 7.59. The van der Waals surface area contributed by atoms with Gasteiger partial charge in [-0.05, 0) is 45.4 Å². The van der Waals surface area contributed by atoms with Gasteiger partial charge in [-0.3, -0.25) is 9.59 Å². The molecular formula is C19H28N4O4. The number of nitrogens with zero attached hydrogens (tertiary/aromatic N) is 2. The third kappa shape index (κ3) is 4.16. The van der Waals surface area contributed by atoms with Gasteiger partial charge in [-0.1, -0.05) is 5.16 Å². The Morgan fingerprint density at radius 2 is 2.07 bits per heavy atom. The zero-order valence-corrected chi connectivity index (χ0v) is 15.7. The van der Waals surface area contributed by atoms with Crippen LogP contribution < -0.4 is 11.1 Å². The van der Waals surface area contributed by atoms with E-state index >= 15 is 0 Å². The van der Waals surface area contributed by atoms with Crippen LogP contribution in [0, 0.1) is 0 Å². The number of hydrogen-bond acceptors (Lipinski definition) is 6. The molecule has 4 rings (SSSR count). The van der Waals surface area contributed by atoms with Gasteiger partial charge in [0.05, 0.1) is 6.61 Å². The normalized spacial score (nSPS) is 31.6. The molecule has 1 aromatic heterocycles. The molecule has 3 N–H and O–H groups in total. The van der Waals surface area contributed by atoms with Crippen LogP contribution in [0.4, 0.5) is 0 Å². The Hall–Kier alpha value is -1.93. The summed E-state index contributed by atoms with van der Waals surface area (Å²) in [5.74, 6) is 1.09. The lowest BCUT2D eigenvalue weighted by molar-refractivity contribution is -0.150. The van der Waals surface area contributed by atoms with Crippen LogP contribution >= 0.6 is 0 Å². The fourth-order valence-electron chi connectivity index (χ4n) is 4.00. The summed E-state index contributed by atoms with van der Waals surface area (Å²) >= 11 is 0. The van der Waals surface area contributed by atoms with E-state index in [-0.39, 0.29) is 36.0 Å². The van der Waals surface area contributed by atoms with E-state index in [1.807, 2.05) is 11.8 Å². The highest BCUT2D eigenvalue weighted by Crippen LogP contribution is 2.40. The Kier molecular flexibility index (Phi) is 5.19. The quantitative estimate of drug-likeness (QED) is 0.816. The first kappa shape index (κ1) is 18.4. The monoisotopic (exact) mass is 376 g/mol. The number of piperidine rings is 1. The van der Waals surface area contributed by atoms with Crippen molar-refractivity contribution >= 4 is 11.8 Å². The Balaban J connectivity index is 1.28. The van der Waals surface area contributed by atoms with Crippen LogP contribution in [0.1, 0.15) is 67.6 Å². The second-order valence-electron chi connectivity index (χ2n) is 8.12. The molecule has 27 heavy (non-hydrogen) atoms. The summed E-state index contributed by atoms with van der Waals surface area (Å²) in [5, 5.41) is 6.93. The molecule has 0 radical (unpaired) electrons. The Bertz CT molecular complexity index is 694. The topological polar surface area (TPSA) is 111 Å². The maximum absolute atomic E-state index is 12.7. The van der Waals surface area contributed by atoms with Crippen LogP contribution in [0.2, 0.25) is 0 Å². The predicted molar refractivity (Wildman–Crippen MR) is 97.1 cm³/mol. The fourth-order valence-corrected chi connectivity index (χ4v) is 4.00. The molecule has 2 aliphatic heterocycles. The molecule has 1 saturated carbocycles. The molecule has 0 aromatic carbocycles. The van der Waals surface area contributed by atoms with Crippen molar-refractivity contribution in [1.29, 1.82) is 0 Å². The Morgan fingerprint density at radius 1 is 1.26 bits per heavy atom. The highest BCUT2D eigenvalue weighted by Gasteiger charge is 2.35. The molecule has 1 aromatic rings. The first-order valence-corrected chi connectivity index (χ1v) is 9.96. The van der Waals surface area contributed by atoms with Crippen LogP contribution in [-0.4, -0.2) is 59.3 Å². The molecule has 3 aliphatic rings. The molecule has 148 valence electrons. The van der Waals surface area contributed by atoms with Crippen molar-refractivity contribution in [2.24, 2.45) is 5.73 Å². The summed E-state index contributed by atoms with van der Waals surface area (Å²) < 4.78 is 10.9. The van der Waals surface area contributed by atoms with Crippen LogP contribution in [0.15, 0.2) is 10.6 Å². The van der Waals surface area contributed by atoms with Crippen molar-refractivity contribution in [3.05, 3.63) is 17.5 Å². The van der Waals surface area contributed by atoms with Crippen molar-refractivity contribution < 1.29 is 18.8 Å². The van der Waals surface area contributed by atoms with Gasteiger partial charge in [-0.2, -0.15) is 0 Å². The molecule has 8 nitrogen and oxygen atoms in total. The van der Waals surface area contributed by atoms with E-state index in [0.717, 1.165) is 37.9 Å². The van der Waals surface area contributed by atoms with Gasteiger partial charge in [0.25, 0.3) is 11.8 Å². The summed E-state index contributed by atoms with van der Waals surface area (Å²) in [6, 6.07) is 1.86. The number of amides is 2. The molecule has 8 heteroatoms. The van der Waals surface area contributed by atoms with Crippen LogP contribution in [0.3, 0.4) is 0 Å².